The highest BCUT2D eigenvalue weighted by Crippen LogP contribution is 2.22. The summed E-state index contributed by atoms with van der Waals surface area (Å²) in [6, 6.07) is 8.95. The number of nitrogens with zero attached hydrogens (tertiary/aromatic N) is 2. The molecule has 0 aliphatic carbocycles. The molecule has 2 nitrogen and oxygen atoms in total. The minimum Gasteiger partial charge on any atom is -0.268 e. The quantitative estimate of drug-likeness (QED) is 0.584. The molecule has 0 bridgehead atoms. The van der Waals surface area contributed by atoms with Gasteiger partial charge in [-0.2, -0.15) is 5.10 Å². The predicted molar refractivity (Wildman–Crippen MR) is 82.4 cm³/mol. The first kappa shape index (κ1) is 14.1. The van der Waals surface area contributed by atoms with Crippen molar-refractivity contribution < 1.29 is 0 Å². The summed E-state index contributed by atoms with van der Waals surface area (Å²) < 4.78 is 2.19. The van der Waals surface area contributed by atoms with Gasteiger partial charge in [-0.3, -0.25) is 4.68 Å². The van der Waals surface area contributed by atoms with E-state index >= 15 is 0 Å². The Morgan fingerprint density at radius 1 is 1.05 bits per heavy atom. The van der Waals surface area contributed by atoms with Gasteiger partial charge in [-0.25, -0.2) is 0 Å². The standard InChI is InChI=1S/C17H26N2/c1-3-5-6-7-8-12-16(4-2)19-14-15-11-9-10-13-17(15)18-19/h9-11,13-14,16H,3-8,12H2,1-2H3. The first-order valence-electron chi connectivity index (χ1n) is 7.79. The molecule has 2 heteroatoms. The zero-order valence-electron chi connectivity index (χ0n) is 12.3. The van der Waals surface area contributed by atoms with Gasteiger partial charge in [0.15, 0.2) is 0 Å². The van der Waals surface area contributed by atoms with Gasteiger partial charge in [0, 0.05) is 11.6 Å². The summed E-state index contributed by atoms with van der Waals surface area (Å²) in [5.74, 6) is 0. The van der Waals surface area contributed by atoms with Crippen molar-refractivity contribution in [2.24, 2.45) is 0 Å². The van der Waals surface area contributed by atoms with Crippen LogP contribution in [-0.4, -0.2) is 9.78 Å². The third kappa shape index (κ3) is 3.82. The van der Waals surface area contributed by atoms with Gasteiger partial charge in [-0.05, 0) is 18.9 Å². The minimum absolute atomic E-state index is 0.564. The molecule has 1 aromatic heterocycles. The van der Waals surface area contributed by atoms with Gasteiger partial charge in [0.25, 0.3) is 0 Å². The molecule has 104 valence electrons. The molecule has 0 aliphatic rings. The first-order valence-corrected chi connectivity index (χ1v) is 7.79. The lowest BCUT2D eigenvalue weighted by Gasteiger charge is -2.15. The lowest BCUT2D eigenvalue weighted by atomic mass is 10.0. The molecular weight excluding hydrogens is 232 g/mol. The number of rotatable bonds is 8. The van der Waals surface area contributed by atoms with Crippen LogP contribution >= 0.6 is 0 Å². The van der Waals surface area contributed by atoms with E-state index in [9.17, 15) is 0 Å². The van der Waals surface area contributed by atoms with Crippen LogP contribution in [0.3, 0.4) is 0 Å². The minimum atomic E-state index is 0.564. The van der Waals surface area contributed by atoms with Crippen molar-refractivity contribution in [3.8, 4) is 0 Å². The summed E-state index contributed by atoms with van der Waals surface area (Å²) in [6.07, 6.45) is 11.4. The Bertz CT molecular complexity index is 454. The number of unbranched alkanes of at least 4 members (excludes halogenated alkanes) is 4. The fourth-order valence-corrected chi connectivity index (χ4v) is 2.68. The summed E-state index contributed by atoms with van der Waals surface area (Å²) in [5, 5.41) is 5.97. The maximum absolute atomic E-state index is 4.72. The van der Waals surface area contributed by atoms with Crippen molar-refractivity contribution >= 4 is 10.9 Å². The Balaban J connectivity index is 1.93. The molecule has 1 aromatic carbocycles. The Morgan fingerprint density at radius 3 is 2.58 bits per heavy atom. The molecule has 0 N–H and O–H groups in total. The highest BCUT2D eigenvalue weighted by molar-refractivity contribution is 5.77. The van der Waals surface area contributed by atoms with Crippen molar-refractivity contribution in [1.29, 1.82) is 0 Å². The van der Waals surface area contributed by atoms with Crippen molar-refractivity contribution in [2.45, 2.75) is 64.8 Å². The van der Waals surface area contributed by atoms with Crippen LogP contribution < -0.4 is 0 Å². The molecule has 0 saturated carbocycles. The Morgan fingerprint density at radius 2 is 1.84 bits per heavy atom. The molecule has 1 heterocycles. The SMILES string of the molecule is CCCCCCCC(CC)n1cc2ccccc2n1. The summed E-state index contributed by atoms with van der Waals surface area (Å²) in [6.45, 7) is 4.53. The van der Waals surface area contributed by atoms with Gasteiger partial charge in [-0.15, -0.1) is 0 Å². The average molecular weight is 258 g/mol. The molecule has 1 atom stereocenters. The Labute approximate surface area is 116 Å². The molecule has 2 rings (SSSR count). The number of hydrogen-bond donors (Lipinski definition) is 0. The lowest BCUT2D eigenvalue weighted by molar-refractivity contribution is 0.396. The second kappa shape index (κ2) is 7.32. The maximum Gasteiger partial charge on any atom is 0.0923 e. The maximum atomic E-state index is 4.72. The second-order valence-electron chi connectivity index (χ2n) is 5.43. The van der Waals surface area contributed by atoms with E-state index in [1.165, 1.54) is 50.3 Å². The van der Waals surface area contributed by atoms with Crippen molar-refractivity contribution in [3.05, 3.63) is 30.5 Å². The van der Waals surface area contributed by atoms with Crippen LogP contribution in [0.2, 0.25) is 0 Å². The summed E-state index contributed by atoms with van der Waals surface area (Å²) >= 11 is 0. The fraction of sp³-hybridized carbons (Fsp3) is 0.588. The van der Waals surface area contributed by atoms with Crippen LogP contribution in [0.25, 0.3) is 10.9 Å². The summed E-state index contributed by atoms with van der Waals surface area (Å²) in [4.78, 5) is 0. The first-order chi connectivity index (χ1) is 9.35. The second-order valence-corrected chi connectivity index (χ2v) is 5.43. The van der Waals surface area contributed by atoms with Gasteiger partial charge in [0.1, 0.15) is 0 Å². The van der Waals surface area contributed by atoms with Crippen molar-refractivity contribution in [1.82, 2.24) is 9.78 Å². The van der Waals surface area contributed by atoms with E-state index in [0.717, 1.165) is 5.52 Å². The highest BCUT2D eigenvalue weighted by Gasteiger charge is 2.10. The van der Waals surface area contributed by atoms with E-state index < -0.39 is 0 Å². The lowest BCUT2D eigenvalue weighted by Crippen LogP contribution is -2.08. The topological polar surface area (TPSA) is 17.8 Å². The third-order valence-electron chi connectivity index (χ3n) is 3.92. The molecule has 2 aromatic rings. The third-order valence-corrected chi connectivity index (χ3v) is 3.92. The van der Waals surface area contributed by atoms with E-state index in [4.69, 9.17) is 5.10 Å². The molecule has 19 heavy (non-hydrogen) atoms. The highest BCUT2D eigenvalue weighted by atomic mass is 15.3. The number of aromatic nitrogens is 2. The van der Waals surface area contributed by atoms with E-state index in [-0.39, 0.29) is 0 Å². The molecule has 0 saturated heterocycles. The molecule has 0 amide bonds. The molecular formula is C17H26N2. The van der Waals surface area contributed by atoms with Gasteiger partial charge in [-0.1, -0.05) is 64.2 Å². The molecule has 0 fully saturated rings. The largest absolute Gasteiger partial charge is 0.268 e. The van der Waals surface area contributed by atoms with Crippen LogP contribution in [-0.2, 0) is 0 Å². The van der Waals surface area contributed by atoms with Crippen LogP contribution in [0.15, 0.2) is 30.5 Å². The summed E-state index contributed by atoms with van der Waals surface area (Å²) in [5.41, 5.74) is 1.12. The molecule has 0 aliphatic heterocycles. The predicted octanol–water partition coefficient (Wildman–Crippen LogP) is 5.35. The van der Waals surface area contributed by atoms with Crippen LogP contribution in [0, 0.1) is 0 Å². The molecule has 1 unspecified atom stereocenters. The van der Waals surface area contributed by atoms with E-state index in [1.807, 2.05) is 0 Å². The number of hydrogen-bond acceptors (Lipinski definition) is 1. The zero-order valence-corrected chi connectivity index (χ0v) is 12.3. The zero-order chi connectivity index (χ0) is 13.5. The van der Waals surface area contributed by atoms with Crippen LogP contribution in [0.1, 0.15) is 64.8 Å². The van der Waals surface area contributed by atoms with Gasteiger partial charge in [0.05, 0.1) is 11.6 Å². The van der Waals surface area contributed by atoms with Crippen molar-refractivity contribution in [3.63, 3.8) is 0 Å². The normalized spacial score (nSPS) is 12.9. The molecule has 0 radical (unpaired) electrons. The fourth-order valence-electron chi connectivity index (χ4n) is 2.68. The van der Waals surface area contributed by atoms with Crippen LogP contribution in [0.4, 0.5) is 0 Å². The van der Waals surface area contributed by atoms with Crippen LogP contribution in [0.5, 0.6) is 0 Å². The molecule has 0 spiro atoms. The van der Waals surface area contributed by atoms with Gasteiger partial charge >= 0.3 is 0 Å². The van der Waals surface area contributed by atoms with Gasteiger partial charge < -0.3 is 0 Å². The van der Waals surface area contributed by atoms with E-state index in [1.54, 1.807) is 0 Å². The van der Waals surface area contributed by atoms with E-state index in [0.29, 0.717) is 6.04 Å². The number of fused-ring (bicyclic) bond motifs is 1. The average Bonchev–Trinajstić information content (AvgIpc) is 2.86. The van der Waals surface area contributed by atoms with Gasteiger partial charge in [0.2, 0.25) is 0 Å². The number of benzene rings is 1. The van der Waals surface area contributed by atoms with Crippen molar-refractivity contribution in [2.75, 3.05) is 0 Å². The summed E-state index contributed by atoms with van der Waals surface area (Å²) in [7, 11) is 0. The Kier molecular flexibility index (Phi) is 5.44. The van der Waals surface area contributed by atoms with E-state index in [2.05, 4.69) is 49.0 Å². The smallest absolute Gasteiger partial charge is 0.0923 e. The Hall–Kier alpha value is -1.31. The monoisotopic (exact) mass is 258 g/mol.